The Morgan fingerprint density at radius 2 is 2.17 bits per heavy atom. The van der Waals surface area contributed by atoms with E-state index in [1.54, 1.807) is 7.11 Å². The maximum atomic E-state index is 8.99. The molecule has 0 heterocycles. The molecular weight excluding hydrogens is 158 g/mol. The van der Waals surface area contributed by atoms with Crippen molar-refractivity contribution >= 4 is 0 Å². The summed E-state index contributed by atoms with van der Waals surface area (Å²) in [4.78, 5) is 0. The first kappa shape index (κ1) is 11.8. The number of ether oxygens (including phenoxy) is 1. The van der Waals surface area contributed by atoms with E-state index < -0.39 is 6.10 Å². The molecule has 4 nitrogen and oxygen atoms in total. The maximum absolute atomic E-state index is 8.99. The lowest BCUT2D eigenvalue weighted by atomic mass is 10.2. The molecule has 0 bridgehead atoms. The summed E-state index contributed by atoms with van der Waals surface area (Å²) in [5.74, 6) is 0. The average molecular weight is 177 g/mol. The second kappa shape index (κ2) is 7.49. The Hall–Kier alpha value is -0.160. The molecule has 0 rings (SSSR count). The van der Waals surface area contributed by atoms with Crippen LogP contribution in [0.5, 0.6) is 0 Å². The normalized spacial score (nSPS) is 16.0. The highest BCUT2D eigenvalue weighted by Gasteiger charge is 2.04. The number of nitrogens with one attached hydrogen (secondary N) is 1. The number of hydrogen-bond donors (Lipinski definition) is 3. The van der Waals surface area contributed by atoms with Gasteiger partial charge in [0.15, 0.2) is 0 Å². The summed E-state index contributed by atoms with van der Waals surface area (Å²) in [5, 5.41) is 20.6. The van der Waals surface area contributed by atoms with Gasteiger partial charge in [-0.25, -0.2) is 0 Å². The van der Waals surface area contributed by atoms with Gasteiger partial charge in [-0.3, -0.25) is 0 Å². The number of rotatable bonds is 7. The fraction of sp³-hybridized carbons (Fsp3) is 1.00. The van der Waals surface area contributed by atoms with Gasteiger partial charge in [0.2, 0.25) is 0 Å². The molecule has 0 aromatic rings. The van der Waals surface area contributed by atoms with E-state index in [9.17, 15) is 0 Å². The van der Waals surface area contributed by atoms with Gasteiger partial charge in [0.05, 0.1) is 12.7 Å². The van der Waals surface area contributed by atoms with Crippen LogP contribution in [0.1, 0.15) is 13.3 Å². The predicted molar refractivity (Wildman–Crippen MR) is 47.1 cm³/mol. The van der Waals surface area contributed by atoms with E-state index >= 15 is 0 Å². The van der Waals surface area contributed by atoms with Crippen molar-refractivity contribution in [3.8, 4) is 0 Å². The molecule has 0 aromatic heterocycles. The number of methoxy groups -OCH3 is 1. The van der Waals surface area contributed by atoms with Crippen molar-refractivity contribution in [3.63, 3.8) is 0 Å². The molecule has 0 aromatic carbocycles. The van der Waals surface area contributed by atoms with E-state index in [4.69, 9.17) is 14.9 Å². The maximum Gasteiger partial charge on any atom is 0.0895 e. The van der Waals surface area contributed by atoms with Gasteiger partial charge in [0.1, 0.15) is 0 Å². The van der Waals surface area contributed by atoms with Crippen LogP contribution in [-0.4, -0.2) is 49.2 Å². The summed E-state index contributed by atoms with van der Waals surface area (Å²) >= 11 is 0. The van der Waals surface area contributed by atoms with Crippen LogP contribution in [0.3, 0.4) is 0 Å². The largest absolute Gasteiger partial charge is 0.394 e. The summed E-state index contributed by atoms with van der Waals surface area (Å²) < 4.78 is 4.89. The molecule has 2 atom stereocenters. The summed E-state index contributed by atoms with van der Waals surface area (Å²) in [6.45, 7) is 2.97. The van der Waals surface area contributed by atoms with Crippen molar-refractivity contribution in [3.05, 3.63) is 0 Å². The molecule has 3 N–H and O–H groups in total. The zero-order valence-corrected chi connectivity index (χ0v) is 7.79. The summed E-state index contributed by atoms with van der Waals surface area (Å²) in [6, 6.07) is 0.311. The lowest BCUT2D eigenvalue weighted by Gasteiger charge is -2.15. The summed E-state index contributed by atoms with van der Waals surface area (Å²) in [7, 11) is 1.66. The molecule has 0 aliphatic carbocycles. The van der Waals surface area contributed by atoms with Gasteiger partial charge in [-0.15, -0.1) is 0 Å². The summed E-state index contributed by atoms with van der Waals surface area (Å²) in [5.41, 5.74) is 0. The van der Waals surface area contributed by atoms with Gasteiger partial charge < -0.3 is 20.3 Å². The monoisotopic (exact) mass is 177 g/mol. The minimum Gasteiger partial charge on any atom is -0.394 e. The molecule has 74 valence electrons. The topological polar surface area (TPSA) is 61.7 Å². The smallest absolute Gasteiger partial charge is 0.0895 e. The first-order valence-electron chi connectivity index (χ1n) is 4.22. The molecule has 0 aliphatic rings. The molecule has 0 saturated carbocycles. The Morgan fingerprint density at radius 3 is 2.67 bits per heavy atom. The van der Waals surface area contributed by atoms with Crippen molar-refractivity contribution in [1.82, 2.24) is 5.32 Å². The summed E-state index contributed by atoms with van der Waals surface area (Å²) in [6.07, 6.45) is 0.254. The second-order valence-corrected chi connectivity index (χ2v) is 2.93. The van der Waals surface area contributed by atoms with Crippen LogP contribution < -0.4 is 5.32 Å². The molecular formula is C8H19NO3. The molecule has 0 saturated heterocycles. The van der Waals surface area contributed by atoms with Gasteiger partial charge in [0, 0.05) is 26.3 Å². The Balaban J connectivity index is 3.24. The third-order valence-electron chi connectivity index (χ3n) is 1.67. The van der Waals surface area contributed by atoms with Crippen LogP contribution >= 0.6 is 0 Å². The van der Waals surface area contributed by atoms with E-state index in [2.05, 4.69) is 5.32 Å². The Labute approximate surface area is 73.5 Å². The first-order valence-corrected chi connectivity index (χ1v) is 4.22. The van der Waals surface area contributed by atoms with Crippen molar-refractivity contribution in [1.29, 1.82) is 0 Å². The minimum absolute atomic E-state index is 0.190. The Kier molecular flexibility index (Phi) is 7.39. The van der Waals surface area contributed by atoms with Crippen LogP contribution in [0.25, 0.3) is 0 Å². The number of aliphatic hydroxyl groups is 2. The van der Waals surface area contributed by atoms with E-state index in [1.807, 2.05) is 6.92 Å². The highest BCUT2D eigenvalue weighted by molar-refractivity contribution is 4.63. The van der Waals surface area contributed by atoms with Crippen molar-refractivity contribution in [2.45, 2.75) is 25.5 Å². The standard InChI is InChI=1S/C8H19NO3/c1-7(3-4-12-2)9-5-8(11)6-10/h7-11H,3-6H2,1-2H3/t7?,8-/m0/s1. The molecule has 0 amide bonds. The highest BCUT2D eigenvalue weighted by atomic mass is 16.5. The zero-order valence-electron chi connectivity index (χ0n) is 7.79. The van der Waals surface area contributed by atoms with Crippen molar-refractivity contribution in [2.75, 3.05) is 26.9 Å². The zero-order chi connectivity index (χ0) is 9.40. The van der Waals surface area contributed by atoms with Gasteiger partial charge in [-0.05, 0) is 13.3 Å². The molecule has 0 aliphatic heterocycles. The fourth-order valence-corrected chi connectivity index (χ4v) is 0.798. The van der Waals surface area contributed by atoms with Crippen LogP contribution in [0.2, 0.25) is 0 Å². The van der Waals surface area contributed by atoms with Crippen LogP contribution in [0, 0.1) is 0 Å². The van der Waals surface area contributed by atoms with Gasteiger partial charge in [-0.2, -0.15) is 0 Å². The molecule has 1 unspecified atom stereocenters. The second-order valence-electron chi connectivity index (χ2n) is 2.93. The first-order chi connectivity index (χ1) is 5.70. The molecule has 4 heteroatoms. The molecule has 0 radical (unpaired) electrons. The third-order valence-corrected chi connectivity index (χ3v) is 1.67. The van der Waals surface area contributed by atoms with Crippen molar-refractivity contribution < 1.29 is 14.9 Å². The number of aliphatic hydroxyl groups excluding tert-OH is 2. The fourth-order valence-electron chi connectivity index (χ4n) is 0.798. The van der Waals surface area contributed by atoms with E-state index in [0.717, 1.165) is 6.42 Å². The van der Waals surface area contributed by atoms with Crippen LogP contribution in [0.15, 0.2) is 0 Å². The molecule has 12 heavy (non-hydrogen) atoms. The third kappa shape index (κ3) is 6.54. The predicted octanol–water partition coefficient (Wildman–Crippen LogP) is -0.646. The quantitative estimate of drug-likeness (QED) is 0.484. The molecule has 0 fully saturated rings. The minimum atomic E-state index is -0.657. The van der Waals surface area contributed by atoms with Gasteiger partial charge in [-0.1, -0.05) is 0 Å². The lowest BCUT2D eigenvalue weighted by Crippen LogP contribution is -2.35. The SMILES string of the molecule is COCCC(C)NC[C@H](O)CO. The van der Waals surface area contributed by atoms with E-state index in [-0.39, 0.29) is 6.61 Å². The van der Waals surface area contributed by atoms with Crippen LogP contribution in [0.4, 0.5) is 0 Å². The molecule has 0 spiro atoms. The van der Waals surface area contributed by atoms with Crippen LogP contribution in [-0.2, 0) is 4.74 Å². The lowest BCUT2D eigenvalue weighted by molar-refractivity contribution is 0.0906. The highest BCUT2D eigenvalue weighted by Crippen LogP contribution is 1.90. The number of hydrogen-bond acceptors (Lipinski definition) is 4. The van der Waals surface area contributed by atoms with Gasteiger partial charge >= 0.3 is 0 Å². The van der Waals surface area contributed by atoms with Crippen molar-refractivity contribution in [2.24, 2.45) is 0 Å². The Bertz CT molecular complexity index is 100. The average Bonchev–Trinajstić information content (AvgIpc) is 2.10. The van der Waals surface area contributed by atoms with E-state index in [1.165, 1.54) is 0 Å². The van der Waals surface area contributed by atoms with E-state index in [0.29, 0.717) is 19.2 Å². The Morgan fingerprint density at radius 1 is 1.50 bits per heavy atom. The van der Waals surface area contributed by atoms with Gasteiger partial charge in [0.25, 0.3) is 0 Å².